The van der Waals surface area contributed by atoms with Gasteiger partial charge in [0.25, 0.3) is 0 Å². The number of methoxy groups -OCH3 is 2. The molecular weight excluding hydrogens is 320 g/mol. The zero-order valence-electron chi connectivity index (χ0n) is 15.3. The van der Waals surface area contributed by atoms with Crippen LogP contribution in [0.3, 0.4) is 0 Å². The first kappa shape index (κ1) is 18.6. The van der Waals surface area contributed by atoms with Crippen LogP contribution in [0, 0.1) is 6.92 Å². The quantitative estimate of drug-likeness (QED) is 0.559. The molecular formula is C20H24O5. The number of aryl methyl sites for hydroxylation is 1. The molecule has 2 rings (SSSR count). The normalized spacial score (nSPS) is 10.5. The Morgan fingerprint density at radius 2 is 1.56 bits per heavy atom. The van der Waals surface area contributed by atoms with Crippen molar-refractivity contribution in [2.45, 2.75) is 26.7 Å². The van der Waals surface area contributed by atoms with Crippen LogP contribution in [0.5, 0.6) is 23.0 Å². The first-order valence-corrected chi connectivity index (χ1v) is 8.10. The van der Waals surface area contributed by atoms with Gasteiger partial charge in [-0.25, -0.2) is 4.79 Å². The third-order valence-corrected chi connectivity index (χ3v) is 3.69. The van der Waals surface area contributed by atoms with E-state index in [2.05, 4.69) is 13.8 Å². The Balaban J connectivity index is 2.05. The SMILES string of the molecule is COc1cc(OC)cc(OC(=O)COc2cc(C)ccc2C(C)C)c1. The molecule has 0 saturated heterocycles. The predicted molar refractivity (Wildman–Crippen MR) is 95.9 cm³/mol. The summed E-state index contributed by atoms with van der Waals surface area (Å²) in [5.74, 6) is 1.95. The van der Waals surface area contributed by atoms with Crippen LogP contribution in [0.2, 0.25) is 0 Å². The fourth-order valence-corrected chi connectivity index (χ4v) is 2.38. The maximum Gasteiger partial charge on any atom is 0.349 e. The second-order valence-electron chi connectivity index (χ2n) is 6.01. The molecule has 0 saturated carbocycles. The highest BCUT2D eigenvalue weighted by Gasteiger charge is 2.13. The summed E-state index contributed by atoms with van der Waals surface area (Å²) in [6.07, 6.45) is 0. The average molecular weight is 344 g/mol. The van der Waals surface area contributed by atoms with Crippen molar-refractivity contribution in [3.05, 3.63) is 47.5 Å². The van der Waals surface area contributed by atoms with E-state index < -0.39 is 5.97 Å². The second kappa shape index (κ2) is 8.42. The summed E-state index contributed by atoms with van der Waals surface area (Å²) in [5.41, 5.74) is 2.13. The monoisotopic (exact) mass is 344 g/mol. The number of carbonyl (C=O) groups is 1. The lowest BCUT2D eigenvalue weighted by Gasteiger charge is -2.14. The van der Waals surface area contributed by atoms with Gasteiger partial charge >= 0.3 is 5.97 Å². The fourth-order valence-electron chi connectivity index (χ4n) is 2.38. The van der Waals surface area contributed by atoms with Crippen LogP contribution >= 0.6 is 0 Å². The van der Waals surface area contributed by atoms with E-state index in [0.29, 0.717) is 28.9 Å². The van der Waals surface area contributed by atoms with Gasteiger partial charge in [-0.05, 0) is 30.0 Å². The van der Waals surface area contributed by atoms with Gasteiger partial charge in [-0.3, -0.25) is 0 Å². The molecule has 5 nitrogen and oxygen atoms in total. The van der Waals surface area contributed by atoms with Crippen LogP contribution in [0.4, 0.5) is 0 Å². The van der Waals surface area contributed by atoms with Crippen LogP contribution in [0.1, 0.15) is 30.9 Å². The Morgan fingerprint density at radius 1 is 0.960 bits per heavy atom. The van der Waals surface area contributed by atoms with E-state index in [9.17, 15) is 4.79 Å². The highest BCUT2D eigenvalue weighted by molar-refractivity contribution is 5.74. The lowest BCUT2D eigenvalue weighted by molar-refractivity contribution is -0.136. The molecule has 0 unspecified atom stereocenters. The smallest absolute Gasteiger partial charge is 0.349 e. The van der Waals surface area contributed by atoms with Crippen molar-refractivity contribution in [2.75, 3.05) is 20.8 Å². The Labute approximate surface area is 148 Å². The number of hydrogen-bond donors (Lipinski definition) is 0. The molecule has 0 atom stereocenters. The van der Waals surface area contributed by atoms with E-state index in [0.717, 1.165) is 11.1 Å². The number of benzene rings is 2. The summed E-state index contributed by atoms with van der Waals surface area (Å²) in [7, 11) is 3.07. The molecule has 0 fully saturated rings. The summed E-state index contributed by atoms with van der Waals surface area (Å²) >= 11 is 0. The summed E-state index contributed by atoms with van der Waals surface area (Å²) in [6, 6.07) is 10.9. The molecule has 2 aromatic rings. The Hall–Kier alpha value is -2.69. The van der Waals surface area contributed by atoms with Crippen LogP contribution in [0.25, 0.3) is 0 Å². The first-order chi connectivity index (χ1) is 11.9. The van der Waals surface area contributed by atoms with Gasteiger partial charge in [-0.2, -0.15) is 0 Å². The molecule has 134 valence electrons. The van der Waals surface area contributed by atoms with Gasteiger partial charge in [0.2, 0.25) is 0 Å². The highest BCUT2D eigenvalue weighted by atomic mass is 16.6. The highest BCUT2D eigenvalue weighted by Crippen LogP contribution is 2.29. The molecule has 0 aliphatic heterocycles. The first-order valence-electron chi connectivity index (χ1n) is 8.10. The molecule has 5 heteroatoms. The van der Waals surface area contributed by atoms with Crippen molar-refractivity contribution >= 4 is 5.97 Å². The molecule has 0 aliphatic carbocycles. The summed E-state index contributed by atoms with van der Waals surface area (Å²) in [4.78, 5) is 12.1. The third kappa shape index (κ3) is 5.14. The van der Waals surface area contributed by atoms with E-state index in [1.165, 1.54) is 14.2 Å². The number of rotatable bonds is 7. The van der Waals surface area contributed by atoms with Gasteiger partial charge in [0.05, 0.1) is 14.2 Å². The number of ether oxygens (including phenoxy) is 4. The zero-order valence-corrected chi connectivity index (χ0v) is 15.3. The lowest BCUT2D eigenvalue weighted by Crippen LogP contribution is -2.18. The van der Waals surface area contributed by atoms with Gasteiger partial charge in [0, 0.05) is 18.2 Å². The van der Waals surface area contributed by atoms with E-state index in [1.807, 2.05) is 25.1 Å². The molecule has 0 aromatic heterocycles. The Bertz CT molecular complexity index is 715. The minimum absolute atomic E-state index is 0.178. The molecule has 25 heavy (non-hydrogen) atoms. The van der Waals surface area contributed by atoms with E-state index in [1.54, 1.807) is 18.2 Å². The molecule has 0 N–H and O–H groups in total. The number of hydrogen-bond acceptors (Lipinski definition) is 5. The van der Waals surface area contributed by atoms with Crippen molar-refractivity contribution < 1.29 is 23.7 Å². The second-order valence-corrected chi connectivity index (χ2v) is 6.01. The zero-order chi connectivity index (χ0) is 18.4. The van der Waals surface area contributed by atoms with Crippen LogP contribution < -0.4 is 18.9 Å². The largest absolute Gasteiger partial charge is 0.496 e. The molecule has 0 radical (unpaired) electrons. The van der Waals surface area contributed by atoms with Gasteiger partial charge in [0.15, 0.2) is 6.61 Å². The lowest BCUT2D eigenvalue weighted by atomic mass is 10.0. The maximum atomic E-state index is 12.1. The van der Waals surface area contributed by atoms with E-state index in [4.69, 9.17) is 18.9 Å². The summed E-state index contributed by atoms with van der Waals surface area (Å²) in [6.45, 7) is 5.97. The van der Waals surface area contributed by atoms with Gasteiger partial charge in [0.1, 0.15) is 23.0 Å². The summed E-state index contributed by atoms with van der Waals surface area (Å²) < 4.78 is 21.3. The maximum absolute atomic E-state index is 12.1. The van der Waals surface area contributed by atoms with Gasteiger partial charge in [-0.1, -0.05) is 26.0 Å². The Kier molecular flexibility index (Phi) is 6.28. The predicted octanol–water partition coefficient (Wildman–Crippen LogP) is 4.12. The van der Waals surface area contributed by atoms with E-state index >= 15 is 0 Å². The molecule has 0 spiro atoms. The third-order valence-electron chi connectivity index (χ3n) is 3.69. The van der Waals surface area contributed by atoms with Gasteiger partial charge in [-0.15, -0.1) is 0 Å². The van der Waals surface area contributed by atoms with Crippen molar-refractivity contribution in [1.82, 2.24) is 0 Å². The molecule has 0 heterocycles. The molecule has 0 aliphatic rings. The topological polar surface area (TPSA) is 54.0 Å². The van der Waals surface area contributed by atoms with Crippen LogP contribution in [-0.2, 0) is 4.79 Å². The van der Waals surface area contributed by atoms with Gasteiger partial charge < -0.3 is 18.9 Å². The number of carbonyl (C=O) groups excluding carboxylic acids is 1. The van der Waals surface area contributed by atoms with Crippen LogP contribution in [0.15, 0.2) is 36.4 Å². The van der Waals surface area contributed by atoms with Crippen molar-refractivity contribution in [2.24, 2.45) is 0 Å². The number of esters is 1. The average Bonchev–Trinajstić information content (AvgIpc) is 2.59. The Morgan fingerprint density at radius 3 is 2.12 bits per heavy atom. The minimum atomic E-state index is -0.494. The van der Waals surface area contributed by atoms with Crippen molar-refractivity contribution in [1.29, 1.82) is 0 Å². The molecule has 0 bridgehead atoms. The molecule has 2 aromatic carbocycles. The minimum Gasteiger partial charge on any atom is -0.496 e. The molecule has 0 amide bonds. The van der Waals surface area contributed by atoms with E-state index in [-0.39, 0.29) is 6.61 Å². The standard InChI is InChI=1S/C20H24O5/c1-13(2)18-7-6-14(3)8-19(18)24-12-20(21)25-17-10-15(22-4)9-16(11-17)23-5/h6-11,13H,12H2,1-5H3. The fraction of sp³-hybridized carbons (Fsp3) is 0.350. The van der Waals surface area contributed by atoms with Crippen molar-refractivity contribution in [3.8, 4) is 23.0 Å². The van der Waals surface area contributed by atoms with Crippen LogP contribution in [-0.4, -0.2) is 26.8 Å². The summed E-state index contributed by atoms with van der Waals surface area (Å²) in [5, 5.41) is 0. The van der Waals surface area contributed by atoms with Crippen molar-refractivity contribution in [3.63, 3.8) is 0 Å².